The van der Waals surface area contributed by atoms with Crippen LogP contribution >= 0.6 is 11.6 Å². The van der Waals surface area contributed by atoms with Crippen LogP contribution in [0, 0.1) is 5.92 Å². The zero-order valence-corrected chi connectivity index (χ0v) is 15.4. The van der Waals surface area contributed by atoms with E-state index in [1.165, 1.54) is 0 Å². The summed E-state index contributed by atoms with van der Waals surface area (Å²) in [4.78, 5) is 31.3. The topological polar surface area (TPSA) is 62.3 Å². The number of hydrogen-bond donors (Lipinski definition) is 1. The van der Waals surface area contributed by atoms with Gasteiger partial charge in [-0.15, -0.1) is 0 Å². The molecular formula is C20H22ClN3O2. The summed E-state index contributed by atoms with van der Waals surface area (Å²) in [5.41, 5.74) is 1.74. The Morgan fingerprint density at radius 2 is 2.04 bits per heavy atom. The van der Waals surface area contributed by atoms with Gasteiger partial charge in [-0.1, -0.05) is 29.8 Å². The highest BCUT2D eigenvalue weighted by atomic mass is 35.5. The molecule has 0 spiro atoms. The number of aromatic nitrogens is 1. The zero-order chi connectivity index (χ0) is 18.5. The van der Waals surface area contributed by atoms with Crippen LogP contribution in [0.15, 0.2) is 48.7 Å². The summed E-state index contributed by atoms with van der Waals surface area (Å²) in [5.74, 6) is -0.264. The van der Waals surface area contributed by atoms with Gasteiger partial charge in [0, 0.05) is 24.2 Å². The quantitative estimate of drug-likeness (QED) is 0.876. The summed E-state index contributed by atoms with van der Waals surface area (Å²) in [6.45, 7) is 2.88. The molecule has 0 aliphatic carbocycles. The number of pyridine rings is 1. The van der Waals surface area contributed by atoms with E-state index in [1.807, 2.05) is 37.3 Å². The molecule has 5 nitrogen and oxygen atoms in total. The van der Waals surface area contributed by atoms with E-state index < -0.39 is 0 Å². The van der Waals surface area contributed by atoms with Crippen LogP contribution in [0.25, 0.3) is 0 Å². The third kappa shape index (κ3) is 4.05. The normalized spacial score (nSPS) is 20.1. The average Bonchev–Trinajstić information content (AvgIpc) is 2.67. The second-order valence-corrected chi connectivity index (χ2v) is 6.80. The Morgan fingerprint density at radius 1 is 1.27 bits per heavy atom. The van der Waals surface area contributed by atoms with Crippen molar-refractivity contribution in [1.29, 1.82) is 0 Å². The molecule has 0 bridgehead atoms. The number of amides is 2. The molecule has 1 fully saturated rings. The molecule has 2 heterocycles. The number of piperidine rings is 1. The number of carbonyl (C=O) groups excluding carboxylic acids is 2. The van der Waals surface area contributed by atoms with Crippen LogP contribution < -0.4 is 5.32 Å². The molecule has 0 saturated carbocycles. The number of halogens is 1. The molecule has 1 aromatic carbocycles. The van der Waals surface area contributed by atoms with Crippen molar-refractivity contribution < 1.29 is 9.59 Å². The van der Waals surface area contributed by atoms with Gasteiger partial charge < -0.3 is 10.2 Å². The molecule has 2 aromatic rings. The molecule has 26 heavy (non-hydrogen) atoms. The van der Waals surface area contributed by atoms with Crippen molar-refractivity contribution >= 4 is 23.4 Å². The van der Waals surface area contributed by atoms with E-state index in [9.17, 15) is 9.59 Å². The van der Waals surface area contributed by atoms with Gasteiger partial charge in [-0.2, -0.15) is 0 Å². The van der Waals surface area contributed by atoms with Gasteiger partial charge in [0.25, 0.3) is 0 Å². The Morgan fingerprint density at radius 3 is 2.69 bits per heavy atom. The standard InChI is InChI=1S/C20H22ClN3O2/c1-2-24-18(25)11-10-17(19(24)14-6-8-15(21)9-7-14)20(26)23-13-16-5-3-4-12-22-16/h3-9,12,17,19H,2,10-11,13H2,1H3,(H,23,26)/t17-,19+/m1/s1. The van der Waals surface area contributed by atoms with E-state index >= 15 is 0 Å². The first-order valence-corrected chi connectivity index (χ1v) is 9.20. The van der Waals surface area contributed by atoms with Crippen molar-refractivity contribution in [2.24, 2.45) is 5.92 Å². The minimum Gasteiger partial charge on any atom is -0.350 e. The number of benzene rings is 1. The van der Waals surface area contributed by atoms with Crippen molar-refractivity contribution in [2.45, 2.75) is 32.4 Å². The summed E-state index contributed by atoms with van der Waals surface area (Å²) in [6.07, 6.45) is 2.63. The Balaban J connectivity index is 1.81. The Bertz CT molecular complexity index is 764. The van der Waals surface area contributed by atoms with E-state index in [-0.39, 0.29) is 23.8 Å². The largest absolute Gasteiger partial charge is 0.350 e. The molecule has 1 aliphatic heterocycles. The summed E-state index contributed by atoms with van der Waals surface area (Å²) in [7, 11) is 0. The molecule has 0 radical (unpaired) electrons. The third-order valence-electron chi connectivity index (χ3n) is 4.77. The molecule has 1 N–H and O–H groups in total. The number of hydrogen-bond acceptors (Lipinski definition) is 3. The van der Waals surface area contributed by atoms with Gasteiger partial charge in [-0.05, 0) is 43.2 Å². The molecular weight excluding hydrogens is 350 g/mol. The molecule has 1 saturated heterocycles. The van der Waals surface area contributed by atoms with Gasteiger partial charge in [0.05, 0.1) is 24.2 Å². The van der Waals surface area contributed by atoms with Gasteiger partial charge in [0.15, 0.2) is 0 Å². The lowest BCUT2D eigenvalue weighted by Crippen LogP contribution is -2.47. The average molecular weight is 372 g/mol. The summed E-state index contributed by atoms with van der Waals surface area (Å²) in [5, 5.41) is 3.61. The summed E-state index contributed by atoms with van der Waals surface area (Å²) < 4.78 is 0. The first kappa shape index (κ1) is 18.4. The van der Waals surface area contributed by atoms with Crippen molar-refractivity contribution in [1.82, 2.24) is 15.2 Å². The first-order valence-electron chi connectivity index (χ1n) is 8.82. The zero-order valence-electron chi connectivity index (χ0n) is 14.7. The van der Waals surface area contributed by atoms with Crippen LogP contribution in [0.2, 0.25) is 5.02 Å². The second kappa shape index (κ2) is 8.32. The molecule has 2 amide bonds. The predicted octanol–water partition coefficient (Wildman–Crippen LogP) is 3.35. The van der Waals surface area contributed by atoms with Gasteiger partial charge >= 0.3 is 0 Å². The highest BCUT2D eigenvalue weighted by Gasteiger charge is 2.39. The van der Waals surface area contributed by atoms with Crippen LogP contribution in [-0.4, -0.2) is 28.2 Å². The maximum Gasteiger partial charge on any atom is 0.225 e. The summed E-state index contributed by atoms with van der Waals surface area (Å²) in [6, 6.07) is 12.7. The van der Waals surface area contributed by atoms with E-state index in [0.717, 1.165) is 11.3 Å². The SMILES string of the molecule is CCN1C(=O)CC[C@@H](C(=O)NCc2ccccn2)[C@@H]1c1ccc(Cl)cc1. The number of likely N-dealkylation sites (tertiary alicyclic amines) is 1. The smallest absolute Gasteiger partial charge is 0.225 e. The van der Waals surface area contributed by atoms with Crippen LogP contribution in [0.5, 0.6) is 0 Å². The first-order chi connectivity index (χ1) is 12.6. The maximum atomic E-state index is 12.9. The Kier molecular flexibility index (Phi) is 5.89. The molecule has 136 valence electrons. The van der Waals surface area contributed by atoms with Crippen molar-refractivity contribution in [3.8, 4) is 0 Å². The van der Waals surface area contributed by atoms with E-state index in [2.05, 4.69) is 10.3 Å². The fourth-order valence-electron chi connectivity index (χ4n) is 3.48. The number of nitrogens with one attached hydrogen (secondary N) is 1. The lowest BCUT2D eigenvalue weighted by Gasteiger charge is -2.40. The molecule has 1 aliphatic rings. The molecule has 1 aromatic heterocycles. The minimum atomic E-state index is -0.294. The van der Waals surface area contributed by atoms with Crippen LogP contribution in [0.1, 0.15) is 37.1 Å². The number of rotatable bonds is 5. The van der Waals surface area contributed by atoms with Gasteiger partial charge in [0.1, 0.15) is 0 Å². The van der Waals surface area contributed by atoms with Crippen LogP contribution in [-0.2, 0) is 16.1 Å². The minimum absolute atomic E-state index is 0.0541. The maximum absolute atomic E-state index is 12.9. The Hall–Kier alpha value is -2.40. The molecule has 6 heteroatoms. The van der Waals surface area contributed by atoms with E-state index in [4.69, 9.17) is 11.6 Å². The highest BCUT2D eigenvalue weighted by Crippen LogP contribution is 2.37. The third-order valence-corrected chi connectivity index (χ3v) is 5.02. The Labute approximate surface area is 158 Å². The van der Waals surface area contributed by atoms with Crippen molar-refractivity contribution in [3.63, 3.8) is 0 Å². The predicted molar refractivity (Wildman–Crippen MR) is 100 cm³/mol. The summed E-state index contributed by atoms with van der Waals surface area (Å²) >= 11 is 6.00. The van der Waals surface area contributed by atoms with Crippen molar-refractivity contribution in [2.75, 3.05) is 6.54 Å². The second-order valence-electron chi connectivity index (χ2n) is 6.36. The number of carbonyl (C=O) groups is 2. The van der Waals surface area contributed by atoms with Crippen molar-refractivity contribution in [3.05, 3.63) is 64.9 Å². The fourth-order valence-corrected chi connectivity index (χ4v) is 3.61. The van der Waals surface area contributed by atoms with Gasteiger partial charge in [-0.3, -0.25) is 14.6 Å². The van der Waals surface area contributed by atoms with Crippen LogP contribution in [0.3, 0.4) is 0 Å². The lowest BCUT2D eigenvalue weighted by molar-refractivity contribution is -0.143. The lowest BCUT2D eigenvalue weighted by atomic mass is 9.83. The van der Waals surface area contributed by atoms with Gasteiger partial charge in [0.2, 0.25) is 11.8 Å². The molecule has 0 unspecified atom stereocenters. The number of nitrogens with zero attached hydrogens (tertiary/aromatic N) is 2. The molecule has 3 rings (SSSR count). The van der Waals surface area contributed by atoms with Gasteiger partial charge in [-0.25, -0.2) is 0 Å². The highest BCUT2D eigenvalue weighted by molar-refractivity contribution is 6.30. The fraction of sp³-hybridized carbons (Fsp3) is 0.350. The molecule has 2 atom stereocenters. The van der Waals surface area contributed by atoms with Crippen LogP contribution in [0.4, 0.5) is 0 Å². The van der Waals surface area contributed by atoms with E-state index in [1.54, 1.807) is 23.2 Å². The monoisotopic (exact) mass is 371 g/mol. The van der Waals surface area contributed by atoms with E-state index in [0.29, 0.717) is 31.0 Å².